The van der Waals surface area contributed by atoms with Crippen molar-refractivity contribution in [1.82, 2.24) is 9.78 Å². The number of nitrogens with zero attached hydrogens (tertiary/aromatic N) is 2. The van der Waals surface area contributed by atoms with E-state index in [-0.39, 0.29) is 12.2 Å². The van der Waals surface area contributed by atoms with Gasteiger partial charge in [-0.1, -0.05) is 0 Å². The molecule has 0 radical (unpaired) electrons. The van der Waals surface area contributed by atoms with E-state index in [1.807, 2.05) is 0 Å². The molecule has 0 aliphatic carbocycles. The van der Waals surface area contributed by atoms with Gasteiger partial charge >= 0.3 is 5.97 Å². The molecule has 0 amide bonds. The standard InChI is InChI=1S/C9H12F2N2O2/c1-3-13-5-6(9(14)15-4-2)7(12-13)8(10)11/h5,8H,3-4H2,1-2H3. The van der Waals surface area contributed by atoms with E-state index in [0.717, 1.165) is 0 Å². The van der Waals surface area contributed by atoms with E-state index in [9.17, 15) is 13.6 Å². The van der Waals surface area contributed by atoms with Crippen molar-refractivity contribution in [3.05, 3.63) is 17.5 Å². The molecule has 0 saturated carbocycles. The first-order chi connectivity index (χ1) is 7.10. The Bertz CT molecular complexity index is 350. The molecule has 0 aromatic carbocycles. The van der Waals surface area contributed by atoms with Crippen LogP contribution in [0.5, 0.6) is 0 Å². The summed E-state index contributed by atoms with van der Waals surface area (Å²) in [6.07, 6.45) is -1.49. The van der Waals surface area contributed by atoms with Gasteiger partial charge in [0.25, 0.3) is 6.43 Å². The molecule has 1 heterocycles. The molecule has 1 aromatic heterocycles. The van der Waals surface area contributed by atoms with Crippen LogP contribution < -0.4 is 0 Å². The second-order valence-corrected chi connectivity index (χ2v) is 2.80. The summed E-state index contributed by atoms with van der Waals surface area (Å²) >= 11 is 0. The maximum absolute atomic E-state index is 12.5. The first kappa shape index (κ1) is 11.6. The first-order valence-electron chi connectivity index (χ1n) is 4.62. The van der Waals surface area contributed by atoms with Crippen molar-refractivity contribution in [1.29, 1.82) is 0 Å². The zero-order valence-electron chi connectivity index (χ0n) is 8.54. The summed E-state index contributed by atoms with van der Waals surface area (Å²) in [5.74, 6) is -0.757. The molecule has 4 nitrogen and oxygen atoms in total. The van der Waals surface area contributed by atoms with E-state index in [2.05, 4.69) is 9.84 Å². The zero-order valence-corrected chi connectivity index (χ0v) is 8.54. The number of aromatic nitrogens is 2. The monoisotopic (exact) mass is 218 g/mol. The van der Waals surface area contributed by atoms with Crippen molar-refractivity contribution in [2.75, 3.05) is 6.61 Å². The maximum atomic E-state index is 12.5. The molecule has 1 aromatic rings. The van der Waals surface area contributed by atoms with Crippen LogP contribution in [0.15, 0.2) is 6.20 Å². The van der Waals surface area contributed by atoms with Crippen molar-refractivity contribution >= 4 is 5.97 Å². The van der Waals surface area contributed by atoms with E-state index in [4.69, 9.17) is 0 Å². The Balaban J connectivity index is 3.03. The Labute approximate surface area is 85.8 Å². The molecule has 0 fully saturated rings. The highest BCUT2D eigenvalue weighted by Gasteiger charge is 2.23. The lowest BCUT2D eigenvalue weighted by atomic mass is 10.2. The van der Waals surface area contributed by atoms with E-state index in [1.54, 1.807) is 13.8 Å². The summed E-state index contributed by atoms with van der Waals surface area (Å²) in [7, 11) is 0. The third-order valence-electron chi connectivity index (χ3n) is 1.82. The van der Waals surface area contributed by atoms with E-state index >= 15 is 0 Å². The number of carbonyl (C=O) groups excluding carboxylic acids is 1. The van der Waals surface area contributed by atoms with Crippen molar-refractivity contribution in [2.24, 2.45) is 0 Å². The van der Waals surface area contributed by atoms with Crippen molar-refractivity contribution in [3.63, 3.8) is 0 Å². The predicted molar refractivity (Wildman–Crippen MR) is 48.8 cm³/mol. The largest absolute Gasteiger partial charge is 0.462 e. The number of carbonyl (C=O) groups is 1. The summed E-state index contributed by atoms with van der Waals surface area (Å²) in [5, 5.41) is 3.60. The molecule has 0 spiro atoms. The molecule has 84 valence electrons. The molecule has 0 N–H and O–H groups in total. The molecule has 1 rings (SSSR count). The Hall–Kier alpha value is -1.46. The van der Waals surface area contributed by atoms with Crippen LogP contribution in [0.4, 0.5) is 8.78 Å². The van der Waals surface area contributed by atoms with Crippen LogP contribution in [0, 0.1) is 0 Å². The van der Waals surface area contributed by atoms with Gasteiger partial charge in [0.15, 0.2) is 0 Å². The lowest BCUT2D eigenvalue weighted by Gasteiger charge is -2.00. The molecule has 0 aliphatic heterocycles. The number of esters is 1. The van der Waals surface area contributed by atoms with Crippen LogP contribution in [0.25, 0.3) is 0 Å². The number of hydrogen-bond acceptors (Lipinski definition) is 3. The molecular formula is C9H12F2N2O2. The number of halogens is 2. The second kappa shape index (κ2) is 4.86. The smallest absolute Gasteiger partial charge is 0.341 e. The first-order valence-corrected chi connectivity index (χ1v) is 4.62. The minimum Gasteiger partial charge on any atom is -0.462 e. The summed E-state index contributed by atoms with van der Waals surface area (Å²) in [6.45, 7) is 3.94. The average Bonchev–Trinajstić information content (AvgIpc) is 2.61. The SMILES string of the molecule is CCOC(=O)c1cn(CC)nc1C(F)F. The van der Waals surface area contributed by atoms with E-state index in [1.165, 1.54) is 10.9 Å². The van der Waals surface area contributed by atoms with E-state index < -0.39 is 18.1 Å². The van der Waals surface area contributed by atoms with Gasteiger partial charge in [-0.25, -0.2) is 13.6 Å². The highest BCUT2D eigenvalue weighted by Crippen LogP contribution is 2.21. The van der Waals surface area contributed by atoms with Crippen LogP contribution >= 0.6 is 0 Å². The van der Waals surface area contributed by atoms with Gasteiger partial charge < -0.3 is 4.74 Å². The molecule has 0 aliphatic rings. The highest BCUT2D eigenvalue weighted by molar-refractivity contribution is 5.90. The highest BCUT2D eigenvalue weighted by atomic mass is 19.3. The molecule has 0 atom stereocenters. The Morgan fingerprint density at radius 1 is 1.60 bits per heavy atom. The third-order valence-corrected chi connectivity index (χ3v) is 1.82. The van der Waals surface area contributed by atoms with Crippen molar-refractivity contribution in [2.45, 2.75) is 26.8 Å². The van der Waals surface area contributed by atoms with Gasteiger partial charge in [0.1, 0.15) is 11.3 Å². The fourth-order valence-electron chi connectivity index (χ4n) is 1.13. The van der Waals surface area contributed by atoms with Gasteiger partial charge in [-0.2, -0.15) is 5.10 Å². The van der Waals surface area contributed by atoms with Crippen LogP contribution in [0.1, 0.15) is 36.3 Å². The van der Waals surface area contributed by atoms with Gasteiger partial charge in [0.2, 0.25) is 0 Å². The summed E-state index contributed by atoms with van der Waals surface area (Å²) in [4.78, 5) is 11.3. The fraction of sp³-hybridized carbons (Fsp3) is 0.556. The molecule has 0 saturated heterocycles. The fourth-order valence-corrected chi connectivity index (χ4v) is 1.13. The molecular weight excluding hydrogens is 206 g/mol. The number of ether oxygens (including phenoxy) is 1. The predicted octanol–water partition coefficient (Wildman–Crippen LogP) is 2.02. The lowest BCUT2D eigenvalue weighted by molar-refractivity contribution is 0.0515. The Kier molecular flexibility index (Phi) is 3.76. The van der Waals surface area contributed by atoms with Crippen LogP contribution in [-0.4, -0.2) is 22.4 Å². The number of alkyl halides is 2. The average molecular weight is 218 g/mol. The lowest BCUT2D eigenvalue weighted by Crippen LogP contribution is -2.06. The third kappa shape index (κ3) is 2.51. The molecule has 15 heavy (non-hydrogen) atoms. The van der Waals surface area contributed by atoms with Crippen LogP contribution in [0.3, 0.4) is 0 Å². The van der Waals surface area contributed by atoms with Gasteiger partial charge in [-0.3, -0.25) is 4.68 Å². The minimum atomic E-state index is -2.77. The van der Waals surface area contributed by atoms with Crippen LogP contribution in [0.2, 0.25) is 0 Å². The van der Waals surface area contributed by atoms with Crippen molar-refractivity contribution in [3.8, 4) is 0 Å². The normalized spacial score (nSPS) is 10.7. The van der Waals surface area contributed by atoms with Gasteiger partial charge in [-0.05, 0) is 13.8 Å². The second-order valence-electron chi connectivity index (χ2n) is 2.80. The Morgan fingerprint density at radius 3 is 2.73 bits per heavy atom. The van der Waals surface area contributed by atoms with Crippen LogP contribution in [-0.2, 0) is 11.3 Å². The summed E-state index contributed by atoms with van der Waals surface area (Å²) < 4.78 is 30.9. The van der Waals surface area contributed by atoms with Gasteiger partial charge in [0, 0.05) is 12.7 Å². The summed E-state index contributed by atoms with van der Waals surface area (Å²) in [5.41, 5.74) is -0.677. The minimum absolute atomic E-state index is 0.152. The molecule has 6 heteroatoms. The topological polar surface area (TPSA) is 44.1 Å². The Morgan fingerprint density at radius 2 is 2.27 bits per heavy atom. The maximum Gasteiger partial charge on any atom is 0.341 e. The van der Waals surface area contributed by atoms with Crippen molar-refractivity contribution < 1.29 is 18.3 Å². The zero-order chi connectivity index (χ0) is 11.4. The summed E-state index contributed by atoms with van der Waals surface area (Å²) in [6, 6.07) is 0. The number of aryl methyl sites for hydroxylation is 1. The molecule has 0 unspecified atom stereocenters. The van der Waals surface area contributed by atoms with Gasteiger partial charge in [-0.15, -0.1) is 0 Å². The molecule has 0 bridgehead atoms. The number of rotatable bonds is 4. The van der Waals surface area contributed by atoms with Gasteiger partial charge in [0.05, 0.1) is 6.61 Å². The quantitative estimate of drug-likeness (QED) is 0.726. The van der Waals surface area contributed by atoms with E-state index in [0.29, 0.717) is 6.54 Å². The number of hydrogen-bond donors (Lipinski definition) is 0.